The predicted molar refractivity (Wildman–Crippen MR) is 131 cm³/mol. The topological polar surface area (TPSA) is 18.5 Å². The average molecular weight is 514 g/mol. The Morgan fingerprint density at radius 2 is 0.971 bits per heavy atom. The van der Waals surface area contributed by atoms with Gasteiger partial charge in [0.1, 0.15) is 11.5 Å². The van der Waals surface area contributed by atoms with Crippen LogP contribution in [-0.2, 0) is 0 Å². The zero-order valence-corrected chi connectivity index (χ0v) is 21.6. The Morgan fingerprint density at radius 3 is 1.26 bits per heavy atom. The number of hydrogen-bond donors (Lipinski definition) is 0. The van der Waals surface area contributed by atoms with Crippen molar-refractivity contribution in [2.45, 2.75) is 116 Å². The van der Waals surface area contributed by atoms with Crippen LogP contribution in [0.3, 0.4) is 0 Å². The zero-order chi connectivity index (χ0) is 25.6. The van der Waals surface area contributed by atoms with E-state index >= 15 is 0 Å². The fourth-order valence-corrected chi connectivity index (χ4v) is 9.04. The zero-order valence-electron chi connectivity index (χ0n) is 20.6. The van der Waals surface area contributed by atoms with Gasteiger partial charge in [-0.1, -0.05) is 12.8 Å². The molecule has 0 amide bonds. The molecule has 196 valence electrons. The summed E-state index contributed by atoms with van der Waals surface area (Å²) in [6.07, 6.45) is 0.544. The van der Waals surface area contributed by atoms with Gasteiger partial charge >= 0.3 is 12.7 Å². The van der Waals surface area contributed by atoms with Crippen molar-refractivity contribution in [3.8, 4) is 11.5 Å². The van der Waals surface area contributed by atoms with Crippen molar-refractivity contribution in [2.75, 3.05) is 0 Å². The third-order valence-corrected chi connectivity index (χ3v) is 9.64. The summed E-state index contributed by atoms with van der Waals surface area (Å²) < 4.78 is 84.6. The van der Waals surface area contributed by atoms with Gasteiger partial charge in [0.05, 0.1) is 16.6 Å². The molecule has 0 unspecified atom stereocenters. The van der Waals surface area contributed by atoms with Crippen molar-refractivity contribution in [1.29, 1.82) is 0 Å². The minimum atomic E-state index is -4.98. The van der Waals surface area contributed by atoms with E-state index in [0.29, 0.717) is 22.7 Å². The monoisotopic (exact) mass is 514 g/mol. The molecule has 0 radical (unpaired) electrons. The Labute approximate surface area is 200 Å². The molecule has 2 aliphatic carbocycles. The van der Waals surface area contributed by atoms with Gasteiger partial charge in [-0.2, -0.15) is 27.3 Å². The van der Waals surface area contributed by atoms with Crippen molar-refractivity contribution < 1.29 is 35.8 Å². The highest BCUT2D eigenvalue weighted by Crippen LogP contribution is 2.55. The molecule has 1 aromatic rings. The molecule has 0 bridgehead atoms. The molecule has 2 saturated carbocycles. The van der Waals surface area contributed by atoms with Crippen LogP contribution in [0.4, 0.5) is 26.3 Å². The van der Waals surface area contributed by atoms with Crippen LogP contribution in [0.2, 0.25) is 27.3 Å². The first kappa shape index (κ1) is 29.1. The summed E-state index contributed by atoms with van der Waals surface area (Å²) in [7, 11) is -1.37. The summed E-state index contributed by atoms with van der Waals surface area (Å²) >= 11 is 0. The van der Waals surface area contributed by atoms with Gasteiger partial charge in [0.15, 0.2) is 0 Å². The summed E-state index contributed by atoms with van der Waals surface area (Å²) in [4.78, 5) is 0. The maximum atomic E-state index is 12.8. The van der Waals surface area contributed by atoms with Gasteiger partial charge in [-0.15, -0.1) is 26.3 Å². The molecule has 0 saturated heterocycles. The predicted octanol–water partition coefficient (Wildman–Crippen LogP) is 8.94. The first-order chi connectivity index (χ1) is 15.6. The Balaban J connectivity index is 0.000000739. The van der Waals surface area contributed by atoms with E-state index in [-0.39, 0.29) is 6.15 Å². The summed E-state index contributed by atoms with van der Waals surface area (Å²) in [6.45, 7) is 9.00. The maximum absolute atomic E-state index is 12.8. The smallest absolute Gasteiger partial charge is 0.405 e. The second-order valence-electron chi connectivity index (χ2n) is 11.4. The molecule has 0 N–H and O–H groups in total. The molecule has 0 aromatic heterocycles. The lowest BCUT2D eigenvalue weighted by atomic mass is 9.32. The minimum Gasteiger partial charge on any atom is -0.405 e. The third-order valence-electron chi connectivity index (χ3n) is 5.77. The lowest BCUT2D eigenvalue weighted by molar-refractivity contribution is -0.276. The lowest BCUT2D eigenvalue weighted by Gasteiger charge is -2.32. The third kappa shape index (κ3) is 11.5. The number of halogens is 6. The van der Waals surface area contributed by atoms with E-state index in [0.717, 1.165) is 64.2 Å². The van der Waals surface area contributed by atoms with Crippen LogP contribution in [0.5, 0.6) is 11.5 Å². The first-order valence-corrected chi connectivity index (χ1v) is 14.1. The molecule has 0 atom stereocenters. The number of hydrogen-bond acceptors (Lipinski definition) is 2. The summed E-state index contributed by atoms with van der Waals surface area (Å²) in [5.74, 6) is -1.27. The van der Waals surface area contributed by atoms with Gasteiger partial charge in [-0.25, -0.2) is 0 Å². The van der Waals surface area contributed by atoms with E-state index in [1.54, 1.807) is 0 Å². The fourth-order valence-electron chi connectivity index (χ4n) is 4.76. The number of rotatable bonds is 5. The molecule has 0 spiro atoms. The highest BCUT2D eigenvalue weighted by Gasteiger charge is 2.41. The van der Waals surface area contributed by atoms with Crippen LogP contribution in [0.25, 0.3) is 0 Å². The highest BCUT2D eigenvalue weighted by atomic mass is 31.1. The second-order valence-corrected chi connectivity index (χ2v) is 14.5. The SMILES string of the molecule is C[B-](C)(C)C.FC(F)(F)Oc1cc(OC(F)(F)F)cc([PH+](C2CCCCC2)C2CCCCC2)c1. The highest BCUT2D eigenvalue weighted by molar-refractivity contribution is 7.67. The second kappa shape index (κ2) is 12.2. The molecule has 3 rings (SSSR count). The molecule has 2 aliphatic rings. The van der Waals surface area contributed by atoms with Gasteiger partial charge in [-0.05, 0) is 57.5 Å². The van der Waals surface area contributed by atoms with Gasteiger partial charge in [0.25, 0.3) is 0 Å². The van der Waals surface area contributed by atoms with Gasteiger partial charge in [0, 0.05) is 26.1 Å². The maximum Gasteiger partial charge on any atom is 0.573 e. The standard InChI is InChI=1S/C20H25F6O2P.C4H12B/c21-19(22,23)27-14-11-15(28-20(24,25)26)13-18(12-14)29(16-7-3-1-4-8-16)17-9-5-2-6-10-17;1-5(2,3)4/h11-13,16-17H,1-10H2;1-4H3/q;-1/p+1. The van der Waals surface area contributed by atoms with E-state index in [4.69, 9.17) is 0 Å². The van der Waals surface area contributed by atoms with E-state index in [9.17, 15) is 26.3 Å². The summed E-state index contributed by atoms with van der Waals surface area (Å²) in [5.41, 5.74) is 0.716. The van der Waals surface area contributed by atoms with E-state index in [1.807, 2.05) is 0 Å². The Kier molecular flexibility index (Phi) is 10.5. The van der Waals surface area contributed by atoms with Crippen molar-refractivity contribution >= 4 is 19.4 Å². The molecular weight excluding hydrogens is 476 g/mol. The lowest BCUT2D eigenvalue weighted by Crippen LogP contribution is -2.27. The average Bonchev–Trinajstić information content (AvgIpc) is 2.66. The van der Waals surface area contributed by atoms with Gasteiger partial charge < -0.3 is 9.47 Å². The molecule has 2 fully saturated rings. The van der Waals surface area contributed by atoms with E-state index < -0.39 is 32.1 Å². The Bertz CT molecular complexity index is 693. The normalized spacial score (nSPS) is 18.9. The van der Waals surface area contributed by atoms with Crippen LogP contribution in [0.15, 0.2) is 18.2 Å². The minimum absolute atomic E-state index is 0. The van der Waals surface area contributed by atoms with Crippen LogP contribution in [0.1, 0.15) is 64.2 Å². The van der Waals surface area contributed by atoms with Crippen molar-refractivity contribution in [3.63, 3.8) is 0 Å². The van der Waals surface area contributed by atoms with Crippen LogP contribution < -0.4 is 14.8 Å². The van der Waals surface area contributed by atoms with Crippen LogP contribution in [-0.4, -0.2) is 30.2 Å². The van der Waals surface area contributed by atoms with E-state index in [1.165, 1.54) is 12.1 Å². The van der Waals surface area contributed by atoms with E-state index in [2.05, 4.69) is 36.8 Å². The fraction of sp³-hybridized carbons (Fsp3) is 0.750. The van der Waals surface area contributed by atoms with Gasteiger partial charge in [0.2, 0.25) is 0 Å². The summed E-state index contributed by atoms with van der Waals surface area (Å²) in [6, 6.07) is 3.27. The van der Waals surface area contributed by atoms with Crippen molar-refractivity contribution in [1.82, 2.24) is 0 Å². The quantitative estimate of drug-likeness (QED) is 0.222. The number of ether oxygens (including phenoxy) is 2. The number of benzene rings is 1. The van der Waals surface area contributed by atoms with Crippen LogP contribution >= 0.6 is 7.92 Å². The molecule has 1 aromatic carbocycles. The summed E-state index contributed by atoms with van der Waals surface area (Å²) in [5, 5.41) is 0.565. The first-order valence-electron chi connectivity index (χ1n) is 12.5. The number of alkyl halides is 6. The molecule has 10 heteroatoms. The van der Waals surface area contributed by atoms with Gasteiger partial charge in [-0.3, -0.25) is 0 Å². The van der Waals surface area contributed by atoms with Crippen molar-refractivity contribution in [2.24, 2.45) is 0 Å². The molecule has 2 nitrogen and oxygen atoms in total. The largest absolute Gasteiger partial charge is 0.573 e. The molecular formula is C24H38BF6O2P. The molecule has 0 aliphatic heterocycles. The van der Waals surface area contributed by atoms with Crippen LogP contribution in [0, 0.1) is 0 Å². The molecule has 34 heavy (non-hydrogen) atoms. The van der Waals surface area contributed by atoms with Crippen molar-refractivity contribution in [3.05, 3.63) is 18.2 Å². The Morgan fingerprint density at radius 1 is 0.647 bits per heavy atom. The Hall–Kier alpha value is -1.11. The molecule has 0 heterocycles.